The third-order valence-corrected chi connectivity index (χ3v) is 2.51. The molecule has 0 aromatic carbocycles. The minimum Gasteiger partial charge on any atom is -0.288 e. The summed E-state index contributed by atoms with van der Waals surface area (Å²) in [7, 11) is 0. The largest absolute Gasteiger partial charge is 0.294 e. The van der Waals surface area contributed by atoms with Crippen molar-refractivity contribution in [3.63, 3.8) is 0 Å². The molecule has 0 unspecified atom stereocenters. The molecule has 0 aliphatic rings. The number of nitrogens with one attached hydrogen (secondary N) is 1. The fourth-order valence-electron chi connectivity index (χ4n) is 0.791. The van der Waals surface area contributed by atoms with Gasteiger partial charge in [0.15, 0.2) is 0 Å². The summed E-state index contributed by atoms with van der Waals surface area (Å²) in [6, 6.07) is 0. The summed E-state index contributed by atoms with van der Waals surface area (Å²) >= 11 is 1.53. The molecular weight excluding hydrogens is 202 g/mol. The van der Waals surface area contributed by atoms with Crippen LogP contribution in [0.3, 0.4) is 0 Å². The van der Waals surface area contributed by atoms with Gasteiger partial charge in [0, 0.05) is 0 Å². The van der Waals surface area contributed by atoms with Gasteiger partial charge in [0.1, 0.15) is 10.7 Å². The molecule has 5 nitrogen and oxygen atoms in total. The first kappa shape index (κ1) is 10.9. The number of hydroxylamine groups is 1. The maximum atomic E-state index is 11.0. The lowest BCUT2D eigenvalue weighted by Gasteiger charge is -2.00. The van der Waals surface area contributed by atoms with Crippen LogP contribution in [0, 0.1) is 0 Å². The Morgan fingerprint density at radius 2 is 2.43 bits per heavy atom. The Hall–Kier alpha value is -1.14. The molecule has 0 aliphatic carbocycles. The number of amides is 1. The van der Waals surface area contributed by atoms with Crippen molar-refractivity contribution in [1.29, 1.82) is 0 Å². The molecule has 1 amide bonds. The van der Waals surface area contributed by atoms with Gasteiger partial charge in [-0.2, -0.15) is 0 Å². The lowest BCUT2D eigenvalue weighted by molar-refractivity contribution is 0.0699. The summed E-state index contributed by atoms with van der Waals surface area (Å²) in [6.45, 7) is 2.06. The summed E-state index contributed by atoms with van der Waals surface area (Å²) in [6.07, 6.45) is 3.93. The molecule has 1 heterocycles. The Labute approximate surface area is 85.9 Å². The van der Waals surface area contributed by atoms with Gasteiger partial charge in [-0.3, -0.25) is 15.0 Å². The predicted octanol–water partition coefficient (Wildman–Crippen LogP) is 1.10. The molecule has 6 heteroatoms. The van der Waals surface area contributed by atoms with Gasteiger partial charge in [0.05, 0.1) is 12.4 Å². The van der Waals surface area contributed by atoms with E-state index in [1.165, 1.54) is 23.4 Å². The number of carbonyl (C=O) groups excluding carboxylic acids is 1. The molecule has 0 spiro atoms. The van der Waals surface area contributed by atoms with Gasteiger partial charge in [0.2, 0.25) is 0 Å². The molecule has 2 N–H and O–H groups in total. The van der Waals surface area contributed by atoms with Gasteiger partial charge in [-0.15, -0.1) is 11.8 Å². The Morgan fingerprint density at radius 3 is 3.07 bits per heavy atom. The molecule has 0 aliphatic heterocycles. The molecule has 76 valence electrons. The van der Waals surface area contributed by atoms with E-state index in [0.717, 1.165) is 12.2 Å². The molecular formula is C8H11N3O2S. The van der Waals surface area contributed by atoms with Crippen molar-refractivity contribution in [1.82, 2.24) is 15.4 Å². The molecule has 0 radical (unpaired) electrons. The number of aromatic nitrogens is 2. The standard InChI is InChI=1S/C8H11N3O2S/c1-2-3-14-7-5-9-4-6(10-7)8(12)11-13/h4-5,13H,2-3H2,1H3,(H,11,12). The van der Waals surface area contributed by atoms with Crippen LogP contribution in [0.15, 0.2) is 17.4 Å². The Kier molecular flexibility index (Phi) is 4.34. The van der Waals surface area contributed by atoms with Gasteiger partial charge in [-0.1, -0.05) is 6.92 Å². The third kappa shape index (κ3) is 2.97. The topological polar surface area (TPSA) is 75.1 Å². The van der Waals surface area contributed by atoms with Crippen molar-refractivity contribution in [2.24, 2.45) is 0 Å². The van der Waals surface area contributed by atoms with Crippen molar-refractivity contribution >= 4 is 17.7 Å². The van der Waals surface area contributed by atoms with Gasteiger partial charge < -0.3 is 0 Å². The second-order valence-corrected chi connectivity index (χ2v) is 3.65. The van der Waals surface area contributed by atoms with Crippen LogP contribution in [-0.4, -0.2) is 26.8 Å². The van der Waals surface area contributed by atoms with Gasteiger partial charge >= 0.3 is 0 Å². The van der Waals surface area contributed by atoms with Crippen molar-refractivity contribution in [3.05, 3.63) is 18.1 Å². The molecule has 0 bridgehead atoms. The van der Waals surface area contributed by atoms with Crippen LogP contribution in [0.5, 0.6) is 0 Å². The highest BCUT2D eigenvalue weighted by atomic mass is 32.2. The van der Waals surface area contributed by atoms with E-state index in [1.807, 2.05) is 0 Å². The number of carbonyl (C=O) groups is 1. The first-order valence-corrected chi connectivity index (χ1v) is 5.15. The quantitative estimate of drug-likeness (QED) is 0.445. The first-order valence-electron chi connectivity index (χ1n) is 4.17. The molecule has 1 rings (SSSR count). The Balaban J connectivity index is 2.73. The van der Waals surface area contributed by atoms with Crippen LogP contribution in [0.1, 0.15) is 23.8 Å². The lowest BCUT2D eigenvalue weighted by atomic mass is 10.4. The van der Waals surface area contributed by atoms with Crippen LogP contribution in [-0.2, 0) is 0 Å². The van der Waals surface area contributed by atoms with Crippen LogP contribution in [0.25, 0.3) is 0 Å². The maximum Gasteiger partial charge on any atom is 0.294 e. The van der Waals surface area contributed by atoms with Crippen molar-refractivity contribution in [2.75, 3.05) is 5.75 Å². The number of nitrogens with zero attached hydrogens (tertiary/aromatic N) is 2. The summed E-state index contributed by atoms with van der Waals surface area (Å²) in [5.74, 6) is 0.287. The van der Waals surface area contributed by atoms with Gasteiger partial charge in [-0.25, -0.2) is 10.5 Å². The number of hydrogen-bond acceptors (Lipinski definition) is 5. The van der Waals surface area contributed by atoms with Crippen LogP contribution in [0.2, 0.25) is 0 Å². The molecule has 0 saturated heterocycles. The fraction of sp³-hybridized carbons (Fsp3) is 0.375. The third-order valence-electron chi connectivity index (χ3n) is 1.40. The number of rotatable bonds is 4. The number of thioether (sulfide) groups is 1. The molecule has 0 saturated carbocycles. The smallest absolute Gasteiger partial charge is 0.288 e. The highest BCUT2D eigenvalue weighted by Crippen LogP contribution is 2.14. The SMILES string of the molecule is CCCSc1cncc(C(=O)NO)n1. The van der Waals surface area contributed by atoms with E-state index in [2.05, 4.69) is 16.9 Å². The zero-order valence-electron chi connectivity index (χ0n) is 7.73. The molecule has 0 atom stereocenters. The zero-order chi connectivity index (χ0) is 10.4. The second-order valence-electron chi connectivity index (χ2n) is 2.53. The highest BCUT2D eigenvalue weighted by molar-refractivity contribution is 7.99. The second kappa shape index (κ2) is 5.56. The minimum absolute atomic E-state index is 0.119. The molecule has 14 heavy (non-hydrogen) atoms. The van der Waals surface area contributed by atoms with E-state index < -0.39 is 5.91 Å². The normalized spacial score (nSPS) is 9.86. The van der Waals surface area contributed by atoms with Crippen molar-refractivity contribution in [3.8, 4) is 0 Å². The maximum absolute atomic E-state index is 11.0. The zero-order valence-corrected chi connectivity index (χ0v) is 8.54. The van der Waals surface area contributed by atoms with E-state index >= 15 is 0 Å². The number of hydrogen-bond donors (Lipinski definition) is 2. The van der Waals surface area contributed by atoms with E-state index in [1.54, 1.807) is 6.20 Å². The molecule has 0 fully saturated rings. The van der Waals surface area contributed by atoms with Crippen LogP contribution in [0.4, 0.5) is 0 Å². The van der Waals surface area contributed by atoms with Crippen molar-refractivity contribution in [2.45, 2.75) is 18.4 Å². The monoisotopic (exact) mass is 213 g/mol. The molecule has 1 aromatic rings. The van der Waals surface area contributed by atoms with E-state index in [-0.39, 0.29) is 5.69 Å². The minimum atomic E-state index is -0.642. The van der Waals surface area contributed by atoms with E-state index in [4.69, 9.17) is 5.21 Å². The molecule has 1 aromatic heterocycles. The fourth-order valence-corrected chi connectivity index (χ4v) is 1.50. The average Bonchev–Trinajstić information content (AvgIpc) is 2.25. The summed E-state index contributed by atoms with van der Waals surface area (Å²) < 4.78 is 0. The van der Waals surface area contributed by atoms with Gasteiger partial charge in [0.25, 0.3) is 5.91 Å². The van der Waals surface area contributed by atoms with Crippen LogP contribution >= 0.6 is 11.8 Å². The summed E-state index contributed by atoms with van der Waals surface area (Å²) in [4.78, 5) is 18.8. The summed E-state index contributed by atoms with van der Waals surface area (Å²) in [5.41, 5.74) is 1.63. The lowest BCUT2D eigenvalue weighted by Crippen LogP contribution is -2.20. The van der Waals surface area contributed by atoms with Crippen LogP contribution < -0.4 is 5.48 Å². The average molecular weight is 213 g/mol. The van der Waals surface area contributed by atoms with Gasteiger partial charge in [-0.05, 0) is 12.2 Å². The predicted molar refractivity (Wildman–Crippen MR) is 52.3 cm³/mol. The Bertz CT molecular complexity index is 319. The van der Waals surface area contributed by atoms with Crippen molar-refractivity contribution < 1.29 is 10.0 Å². The summed E-state index contributed by atoms with van der Waals surface area (Å²) in [5, 5.41) is 9.07. The highest BCUT2D eigenvalue weighted by Gasteiger charge is 2.06. The van der Waals surface area contributed by atoms with E-state index in [9.17, 15) is 4.79 Å². The first-order chi connectivity index (χ1) is 6.77. The Morgan fingerprint density at radius 1 is 1.64 bits per heavy atom. The van der Waals surface area contributed by atoms with E-state index in [0.29, 0.717) is 5.03 Å².